The number of benzene rings is 1. The van der Waals surface area contributed by atoms with Crippen LogP contribution in [0.2, 0.25) is 5.02 Å². The Morgan fingerprint density at radius 3 is 2.73 bits per heavy atom. The van der Waals surface area contributed by atoms with Crippen LogP contribution in [0.1, 0.15) is 12.5 Å². The van der Waals surface area contributed by atoms with Gasteiger partial charge >= 0.3 is 0 Å². The lowest BCUT2D eigenvalue weighted by Gasteiger charge is -2.24. The van der Waals surface area contributed by atoms with E-state index in [1.807, 2.05) is 0 Å². The van der Waals surface area contributed by atoms with Crippen LogP contribution < -0.4 is 5.32 Å². The normalized spacial score (nSPS) is 15.1. The molecule has 0 saturated carbocycles. The zero-order valence-electron chi connectivity index (χ0n) is 8.44. The van der Waals surface area contributed by atoms with Crippen LogP contribution in [-0.4, -0.2) is 18.7 Å². The molecule has 0 saturated heterocycles. The Hall–Kier alpha value is -0.160. The lowest BCUT2D eigenvalue weighted by molar-refractivity contribution is 0.0554. The maximum Gasteiger partial charge on any atom is 0.149 e. The molecule has 0 amide bonds. The van der Waals surface area contributed by atoms with E-state index >= 15 is 0 Å². The summed E-state index contributed by atoms with van der Waals surface area (Å²) in [5, 5.41) is 12.8. The molecule has 1 unspecified atom stereocenters. The molecule has 0 bridgehead atoms. The summed E-state index contributed by atoms with van der Waals surface area (Å²) in [6.45, 7) is 1.79. The van der Waals surface area contributed by atoms with Crippen LogP contribution in [0.5, 0.6) is 0 Å². The molecule has 0 fully saturated rings. The zero-order chi connectivity index (χ0) is 11.6. The molecule has 0 heterocycles. The molecule has 5 heteroatoms. The van der Waals surface area contributed by atoms with Crippen LogP contribution in [-0.2, 0) is 5.60 Å². The van der Waals surface area contributed by atoms with Gasteiger partial charge in [-0.15, -0.1) is 0 Å². The summed E-state index contributed by atoms with van der Waals surface area (Å²) in [6, 6.07) is 3.13. The maximum absolute atomic E-state index is 13.7. The molecule has 1 atom stereocenters. The van der Waals surface area contributed by atoms with Crippen LogP contribution in [0.3, 0.4) is 0 Å². The van der Waals surface area contributed by atoms with E-state index in [4.69, 9.17) is 11.6 Å². The summed E-state index contributed by atoms with van der Waals surface area (Å²) in [5.74, 6) is -0.591. The van der Waals surface area contributed by atoms with Gasteiger partial charge in [-0.25, -0.2) is 4.39 Å². The van der Waals surface area contributed by atoms with Crippen molar-refractivity contribution in [3.05, 3.63) is 33.0 Å². The van der Waals surface area contributed by atoms with Crippen molar-refractivity contribution in [2.75, 3.05) is 13.6 Å². The quantitative estimate of drug-likeness (QED) is 0.841. The Morgan fingerprint density at radius 2 is 2.20 bits per heavy atom. The van der Waals surface area contributed by atoms with E-state index in [1.54, 1.807) is 13.1 Å². The van der Waals surface area contributed by atoms with Crippen molar-refractivity contribution < 1.29 is 9.50 Å². The molecule has 0 radical (unpaired) electrons. The Labute approximate surface area is 102 Å². The highest BCUT2D eigenvalue weighted by Gasteiger charge is 2.27. The first-order valence-electron chi connectivity index (χ1n) is 4.41. The summed E-state index contributed by atoms with van der Waals surface area (Å²) in [5.41, 5.74) is -1.09. The van der Waals surface area contributed by atoms with E-state index in [1.165, 1.54) is 13.0 Å². The lowest BCUT2D eigenvalue weighted by Crippen LogP contribution is -2.34. The summed E-state index contributed by atoms with van der Waals surface area (Å²) < 4.78 is 14.2. The van der Waals surface area contributed by atoms with Gasteiger partial charge in [0.2, 0.25) is 0 Å². The molecule has 2 nitrogen and oxygen atoms in total. The number of likely N-dealkylation sites (N-methyl/N-ethyl adjacent to an activating group) is 1. The minimum atomic E-state index is -1.27. The van der Waals surface area contributed by atoms with Gasteiger partial charge in [0.25, 0.3) is 0 Å². The van der Waals surface area contributed by atoms with E-state index < -0.39 is 11.4 Å². The van der Waals surface area contributed by atoms with Gasteiger partial charge in [0.05, 0.1) is 5.02 Å². The Morgan fingerprint density at radius 1 is 1.60 bits per heavy atom. The average molecular weight is 297 g/mol. The average Bonchev–Trinajstić information content (AvgIpc) is 2.13. The third-order valence-electron chi connectivity index (χ3n) is 2.14. The summed E-state index contributed by atoms with van der Waals surface area (Å²) >= 11 is 8.85. The molecular weight excluding hydrogens is 284 g/mol. The Kier molecular flexibility index (Phi) is 4.12. The van der Waals surface area contributed by atoms with Gasteiger partial charge < -0.3 is 10.4 Å². The fourth-order valence-electron chi connectivity index (χ4n) is 1.38. The van der Waals surface area contributed by atoms with E-state index in [0.29, 0.717) is 4.47 Å². The van der Waals surface area contributed by atoms with Crippen molar-refractivity contribution in [3.8, 4) is 0 Å². The van der Waals surface area contributed by atoms with Crippen molar-refractivity contribution >= 4 is 27.5 Å². The van der Waals surface area contributed by atoms with E-state index in [2.05, 4.69) is 21.2 Å². The SMILES string of the molecule is CNCC(C)(O)c1ccc(Br)c(Cl)c1F. The molecule has 0 spiro atoms. The molecular formula is C10H12BrClFNO. The summed E-state index contributed by atoms with van der Waals surface area (Å²) in [4.78, 5) is 0. The monoisotopic (exact) mass is 295 g/mol. The highest BCUT2D eigenvalue weighted by molar-refractivity contribution is 9.10. The van der Waals surface area contributed by atoms with Crippen molar-refractivity contribution in [2.45, 2.75) is 12.5 Å². The third-order valence-corrected chi connectivity index (χ3v) is 3.40. The molecule has 0 aliphatic rings. The molecule has 1 rings (SSSR count). The van der Waals surface area contributed by atoms with Crippen LogP contribution in [0, 0.1) is 5.82 Å². The molecule has 15 heavy (non-hydrogen) atoms. The van der Waals surface area contributed by atoms with Crippen molar-refractivity contribution in [1.82, 2.24) is 5.32 Å². The summed E-state index contributed by atoms with van der Waals surface area (Å²) in [6.07, 6.45) is 0. The van der Waals surface area contributed by atoms with Crippen LogP contribution in [0.4, 0.5) is 4.39 Å². The molecule has 1 aromatic carbocycles. The number of rotatable bonds is 3. The highest BCUT2D eigenvalue weighted by atomic mass is 79.9. The van der Waals surface area contributed by atoms with Gasteiger partial charge in [0.15, 0.2) is 0 Å². The third kappa shape index (κ3) is 2.69. The van der Waals surface area contributed by atoms with Gasteiger partial charge in [-0.3, -0.25) is 0 Å². The van der Waals surface area contributed by atoms with Gasteiger partial charge in [-0.2, -0.15) is 0 Å². The smallest absolute Gasteiger partial charge is 0.149 e. The van der Waals surface area contributed by atoms with Crippen LogP contribution in [0.15, 0.2) is 16.6 Å². The largest absolute Gasteiger partial charge is 0.384 e. The van der Waals surface area contributed by atoms with Gasteiger partial charge in [-0.1, -0.05) is 17.7 Å². The number of aliphatic hydroxyl groups is 1. The first-order valence-corrected chi connectivity index (χ1v) is 5.58. The molecule has 0 aliphatic carbocycles. The van der Waals surface area contributed by atoms with E-state index in [-0.39, 0.29) is 17.1 Å². The summed E-state index contributed by atoms with van der Waals surface area (Å²) in [7, 11) is 1.69. The van der Waals surface area contributed by atoms with Crippen molar-refractivity contribution in [2.24, 2.45) is 0 Å². The second-order valence-electron chi connectivity index (χ2n) is 3.53. The fraction of sp³-hybridized carbons (Fsp3) is 0.400. The van der Waals surface area contributed by atoms with Gasteiger partial charge in [0, 0.05) is 16.6 Å². The zero-order valence-corrected chi connectivity index (χ0v) is 10.8. The minimum Gasteiger partial charge on any atom is -0.384 e. The second kappa shape index (κ2) is 4.78. The Balaban J connectivity index is 3.21. The molecule has 2 N–H and O–H groups in total. The van der Waals surface area contributed by atoms with Crippen LogP contribution >= 0.6 is 27.5 Å². The molecule has 84 valence electrons. The van der Waals surface area contributed by atoms with Crippen LogP contribution in [0.25, 0.3) is 0 Å². The van der Waals surface area contributed by atoms with Gasteiger partial charge in [-0.05, 0) is 36.0 Å². The van der Waals surface area contributed by atoms with E-state index in [0.717, 1.165) is 0 Å². The predicted molar refractivity (Wildman–Crippen MR) is 62.6 cm³/mol. The number of hydrogen-bond acceptors (Lipinski definition) is 2. The molecule has 0 aromatic heterocycles. The Bertz CT molecular complexity index is 371. The standard InChI is InChI=1S/C10H12BrClFNO/c1-10(15,5-14-2)6-3-4-7(11)8(12)9(6)13/h3-4,14-15H,5H2,1-2H3. The van der Waals surface area contributed by atoms with Gasteiger partial charge in [0.1, 0.15) is 11.4 Å². The first-order chi connectivity index (χ1) is 6.90. The number of hydrogen-bond donors (Lipinski definition) is 2. The predicted octanol–water partition coefficient (Wildman–Crippen LogP) is 2.67. The van der Waals surface area contributed by atoms with E-state index in [9.17, 15) is 9.50 Å². The second-order valence-corrected chi connectivity index (χ2v) is 4.76. The fourth-order valence-corrected chi connectivity index (χ4v) is 1.85. The first kappa shape index (κ1) is 12.9. The lowest BCUT2D eigenvalue weighted by atomic mass is 9.95. The minimum absolute atomic E-state index is 0.0103. The van der Waals surface area contributed by atoms with Crippen molar-refractivity contribution in [1.29, 1.82) is 0 Å². The maximum atomic E-state index is 13.7. The van der Waals surface area contributed by atoms with Crippen molar-refractivity contribution in [3.63, 3.8) is 0 Å². The molecule has 1 aromatic rings. The topological polar surface area (TPSA) is 32.3 Å². The number of halogens is 3. The molecule has 0 aliphatic heterocycles. The number of nitrogens with one attached hydrogen (secondary N) is 1. The highest BCUT2D eigenvalue weighted by Crippen LogP contribution is 2.32.